The Bertz CT molecular complexity index is 241. The SMILES string of the molecule is NCC(CCCC1CCN(CCO)CC1)CCNCCO.S[At]. The zero-order valence-corrected chi connectivity index (χ0v) is 18.1. The monoisotopic (exact) mass is 544 g/mol. The number of hydrogen-bond acceptors (Lipinski definition) is 6. The summed E-state index contributed by atoms with van der Waals surface area (Å²) in [4.78, 5) is 2.37. The predicted octanol–water partition coefficient (Wildman–Crippen LogP) is 0.788. The third-order valence-electron chi connectivity index (χ3n) is 4.70. The van der Waals surface area contributed by atoms with E-state index in [-0.39, 0.29) is 13.2 Å². The molecule has 23 heavy (non-hydrogen) atoms. The van der Waals surface area contributed by atoms with Gasteiger partial charge in [-0.1, -0.05) is 12.8 Å². The summed E-state index contributed by atoms with van der Waals surface area (Å²) in [5.41, 5.74) is 5.85. The van der Waals surface area contributed by atoms with Crippen molar-refractivity contribution in [2.75, 3.05) is 52.5 Å². The van der Waals surface area contributed by atoms with Crippen LogP contribution >= 0.6 is 9.39 Å². The molecule has 140 valence electrons. The Hall–Kier alpha value is 1.03. The first-order valence-electron chi connectivity index (χ1n) is 8.82. The van der Waals surface area contributed by atoms with Gasteiger partial charge in [-0.25, -0.2) is 0 Å². The third kappa shape index (κ3) is 13.0. The number of nitrogens with two attached hydrogens (primary N) is 1. The van der Waals surface area contributed by atoms with Gasteiger partial charge in [-0.15, -0.1) is 0 Å². The molecule has 0 radical (unpaired) electrons. The number of likely N-dealkylation sites (tertiary alicyclic amines) is 1. The predicted molar refractivity (Wildman–Crippen MR) is 96.2 cm³/mol. The Balaban J connectivity index is 0.00000232. The van der Waals surface area contributed by atoms with Gasteiger partial charge in [-0.05, 0) is 63.7 Å². The van der Waals surface area contributed by atoms with Gasteiger partial charge in [0.15, 0.2) is 0 Å². The molecule has 7 heteroatoms. The molecule has 0 aromatic heterocycles. The summed E-state index contributed by atoms with van der Waals surface area (Å²) in [6.45, 7) is 6.05. The quantitative estimate of drug-likeness (QED) is 0.186. The van der Waals surface area contributed by atoms with E-state index < -0.39 is 0 Å². The topological polar surface area (TPSA) is 81.8 Å². The number of piperidine rings is 1. The summed E-state index contributed by atoms with van der Waals surface area (Å²) in [5, 5.41) is 20.9. The van der Waals surface area contributed by atoms with Crippen LogP contribution < -0.4 is 11.1 Å². The summed E-state index contributed by atoms with van der Waals surface area (Å²) in [7, 11) is 3.58. The van der Waals surface area contributed by atoms with Crippen LogP contribution in [0, 0.1) is 35.1 Å². The first kappa shape index (κ1) is 24.0. The molecule has 1 saturated heterocycles. The fourth-order valence-corrected chi connectivity index (χ4v) is 3.23. The first-order chi connectivity index (χ1) is 11.3. The molecule has 1 aliphatic heterocycles. The van der Waals surface area contributed by atoms with Gasteiger partial charge in [-0.2, -0.15) is 0 Å². The number of aliphatic hydroxyl groups is 2. The van der Waals surface area contributed by atoms with Crippen LogP contribution in [0.15, 0.2) is 0 Å². The molecule has 1 atom stereocenters. The molecule has 0 aliphatic carbocycles. The zero-order chi connectivity index (χ0) is 17.3. The Morgan fingerprint density at radius 3 is 2.39 bits per heavy atom. The van der Waals surface area contributed by atoms with Crippen molar-refractivity contribution in [2.45, 2.75) is 38.5 Å². The van der Waals surface area contributed by atoms with Crippen molar-refractivity contribution in [3.63, 3.8) is 0 Å². The number of rotatable bonds is 12. The van der Waals surface area contributed by atoms with Crippen molar-refractivity contribution in [3.05, 3.63) is 0 Å². The van der Waals surface area contributed by atoms with Crippen LogP contribution in [-0.4, -0.2) is 67.6 Å². The molecule has 0 aromatic carbocycles. The molecule has 0 bridgehead atoms. The normalized spacial score (nSPS) is 17.6. The summed E-state index contributed by atoms with van der Waals surface area (Å²) >= 11 is 1.42. The average molecular weight is 545 g/mol. The minimum absolute atomic E-state index is 0.211. The van der Waals surface area contributed by atoms with Crippen molar-refractivity contribution in [1.29, 1.82) is 0 Å². The maximum atomic E-state index is 8.95. The Labute approximate surface area is 161 Å². The van der Waals surface area contributed by atoms with Crippen LogP contribution in [0.25, 0.3) is 0 Å². The molecule has 1 rings (SSSR count). The molecule has 1 unspecified atom stereocenters. The number of aliphatic hydroxyl groups excluding tert-OH is 2. The van der Waals surface area contributed by atoms with E-state index in [0.29, 0.717) is 12.5 Å². The number of β-amino-alcohol motifs (C(OH)–C–C–N with tert-alkyl or cyclic N) is 1. The van der Waals surface area contributed by atoms with Crippen LogP contribution in [0.4, 0.5) is 0 Å². The molecular formula is C16H36AtN3O2S. The molecule has 0 aromatic rings. The number of nitrogens with zero attached hydrogens (tertiary/aromatic N) is 1. The van der Waals surface area contributed by atoms with E-state index in [1.54, 1.807) is 0 Å². The molecule has 0 amide bonds. The maximum absolute atomic E-state index is 8.95. The number of thiol groups is 1. The molecule has 5 N–H and O–H groups in total. The second-order valence-corrected chi connectivity index (χ2v) is 6.30. The van der Waals surface area contributed by atoms with Gasteiger partial charge in [0, 0.05) is 13.1 Å². The molecule has 1 aliphatic rings. The van der Waals surface area contributed by atoms with Crippen molar-refractivity contribution >= 4 is 9.39 Å². The van der Waals surface area contributed by atoms with Crippen molar-refractivity contribution in [3.8, 4) is 0 Å². The van der Waals surface area contributed by atoms with Crippen molar-refractivity contribution < 1.29 is 33.5 Å². The summed E-state index contributed by atoms with van der Waals surface area (Å²) in [5.74, 6) is 1.48. The average Bonchev–Trinajstić information content (AvgIpc) is 2.60. The summed E-state index contributed by atoms with van der Waals surface area (Å²) in [6, 6.07) is 0. The van der Waals surface area contributed by atoms with Crippen LogP contribution in [0.3, 0.4) is 0 Å². The number of hydrogen-bond donors (Lipinski definition) is 5. The van der Waals surface area contributed by atoms with E-state index in [9.17, 15) is 0 Å². The van der Waals surface area contributed by atoms with E-state index in [2.05, 4.69) is 19.6 Å². The second-order valence-electron chi connectivity index (χ2n) is 6.30. The fourth-order valence-electron chi connectivity index (χ4n) is 3.23. The minimum atomic E-state index is 0.211. The van der Waals surface area contributed by atoms with Gasteiger partial charge in [0.05, 0.1) is 13.2 Å². The van der Waals surface area contributed by atoms with Crippen LogP contribution in [-0.2, 0) is 0 Å². The van der Waals surface area contributed by atoms with Gasteiger partial charge in [-0.3, -0.25) is 0 Å². The van der Waals surface area contributed by atoms with Gasteiger partial charge in [0.25, 0.3) is 0 Å². The van der Waals surface area contributed by atoms with Gasteiger partial charge < -0.3 is 26.2 Å². The molecule has 1 fully saturated rings. The molecule has 0 spiro atoms. The van der Waals surface area contributed by atoms with Crippen LogP contribution in [0.2, 0.25) is 0 Å². The first-order valence-corrected chi connectivity index (χ1v) is 13.1. The van der Waals surface area contributed by atoms with Gasteiger partial charge in [0.2, 0.25) is 0 Å². The van der Waals surface area contributed by atoms with Crippen molar-refractivity contribution in [1.82, 2.24) is 10.2 Å². The number of nitrogens with one attached hydrogen (secondary N) is 1. The zero-order valence-electron chi connectivity index (χ0n) is 14.3. The summed E-state index contributed by atoms with van der Waals surface area (Å²) < 4.78 is 0. The Kier molecular flexibility index (Phi) is 18.6. The van der Waals surface area contributed by atoms with E-state index in [0.717, 1.165) is 45.1 Å². The molecular weight excluding hydrogens is 508 g/mol. The standard InChI is InChI=1S/C16H35N3O2.AtHS/c17-14-16(4-7-18-8-12-20)3-1-2-15-5-9-19(10-6-15)11-13-21;1-2/h15-16,18,20-21H,1-14,17H2;2H. The van der Waals surface area contributed by atoms with Gasteiger partial charge >= 0.3 is 32.6 Å². The van der Waals surface area contributed by atoms with E-state index in [1.807, 2.05) is 0 Å². The van der Waals surface area contributed by atoms with E-state index in [4.69, 9.17) is 15.9 Å². The fraction of sp³-hybridized carbons (Fsp3) is 1.00. The Morgan fingerprint density at radius 2 is 1.83 bits per heavy atom. The van der Waals surface area contributed by atoms with E-state index in [1.165, 1.54) is 55.4 Å². The summed E-state index contributed by atoms with van der Waals surface area (Å²) in [6.07, 6.45) is 7.52. The molecule has 0 saturated carbocycles. The van der Waals surface area contributed by atoms with Crippen molar-refractivity contribution in [2.24, 2.45) is 17.6 Å². The Morgan fingerprint density at radius 1 is 1.13 bits per heavy atom. The third-order valence-corrected chi connectivity index (χ3v) is 4.70. The van der Waals surface area contributed by atoms with Gasteiger partial charge in [0.1, 0.15) is 0 Å². The van der Waals surface area contributed by atoms with E-state index >= 15 is 0 Å². The second kappa shape index (κ2) is 17.8. The van der Waals surface area contributed by atoms with Crippen LogP contribution in [0.1, 0.15) is 38.5 Å². The van der Waals surface area contributed by atoms with Crippen LogP contribution in [0.5, 0.6) is 0 Å². The molecule has 1 heterocycles. The molecule has 5 nitrogen and oxygen atoms in total.